The van der Waals surface area contributed by atoms with Gasteiger partial charge in [-0.25, -0.2) is 0 Å². The molecule has 0 saturated heterocycles. The lowest BCUT2D eigenvalue weighted by atomic mass is 10.2. The number of hydrogen-bond acceptors (Lipinski definition) is 5. The molecule has 0 unspecified atom stereocenters. The number of amides is 1. The highest BCUT2D eigenvalue weighted by Crippen LogP contribution is 2.21. The third-order valence-corrected chi connectivity index (χ3v) is 4.08. The molecule has 1 aromatic carbocycles. The Morgan fingerprint density at radius 2 is 2.17 bits per heavy atom. The molecule has 1 aromatic heterocycles. The van der Waals surface area contributed by atoms with Gasteiger partial charge in [-0.2, -0.15) is 0 Å². The number of nitrogens with one attached hydrogen (secondary N) is 2. The van der Waals surface area contributed by atoms with Crippen molar-refractivity contribution in [3.05, 3.63) is 33.2 Å². The van der Waals surface area contributed by atoms with Crippen LogP contribution in [0, 0.1) is 6.92 Å². The van der Waals surface area contributed by atoms with E-state index in [0.717, 1.165) is 15.7 Å². The van der Waals surface area contributed by atoms with Crippen molar-refractivity contribution in [3.63, 3.8) is 0 Å². The largest absolute Gasteiger partial charge is 0.363 e. The number of benzene rings is 1. The van der Waals surface area contributed by atoms with E-state index in [1.807, 2.05) is 25.1 Å². The van der Waals surface area contributed by atoms with E-state index in [-0.39, 0.29) is 5.91 Å². The highest BCUT2D eigenvalue weighted by Gasteiger charge is 2.12. The Labute approximate surface area is 117 Å². The first kappa shape index (κ1) is 13.0. The van der Waals surface area contributed by atoms with Gasteiger partial charge in [-0.1, -0.05) is 27.3 Å². The molecule has 7 heteroatoms. The van der Waals surface area contributed by atoms with Crippen LogP contribution in [0.1, 0.15) is 15.4 Å². The van der Waals surface area contributed by atoms with Gasteiger partial charge in [-0.3, -0.25) is 4.79 Å². The molecule has 0 aliphatic carbocycles. The summed E-state index contributed by atoms with van der Waals surface area (Å²) in [6, 6.07) is 5.61. The first-order chi connectivity index (χ1) is 8.60. The summed E-state index contributed by atoms with van der Waals surface area (Å²) in [4.78, 5) is 11.9. The molecule has 2 rings (SSSR count). The molecule has 0 fully saturated rings. The molecule has 0 bridgehead atoms. The maximum atomic E-state index is 11.9. The van der Waals surface area contributed by atoms with Crippen LogP contribution < -0.4 is 10.6 Å². The van der Waals surface area contributed by atoms with Crippen LogP contribution in [-0.2, 0) is 0 Å². The molecule has 2 aromatic rings. The second-order valence-electron chi connectivity index (χ2n) is 3.58. The standard InChI is InChI=1S/C11H11BrN4OS/c1-6-5-7(3-4-8(6)12)14-9(17)10-15-16-11(13-2)18-10/h3-5H,1-2H3,(H,13,16)(H,14,17). The number of rotatable bonds is 3. The maximum Gasteiger partial charge on any atom is 0.286 e. The Bertz CT molecular complexity index is 584. The van der Waals surface area contributed by atoms with Crippen molar-refractivity contribution in [2.75, 3.05) is 17.7 Å². The fourth-order valence-corrected chi connectivity index (χ4v) is 2.16. The Balaban J connectivity index is 2.13. The number of halogens is 1. The molecule has 2 N–H and O–H groups in total. The molecule has 0 atom stereocenters. The second-order valence-corrected chi connectivity index (χ2v) is 5.41. The lowest BCUT2D eigenvalue weighted by Crippen LogP contribution is -2.11. The van der Waals surface area contributed by atoms with Crippen molar-refractivity contribution < 1.29 is 4.79 Å². The predicted molar refractivity (Wildman–Crippen MR) is 76.3 cm³/mol. The van der Waals surface area contributed by atoms with E-state index in [1.54, 1.807) is 7.05 Å². The van der Waals surface area contributed by atoms with Crippen molar-refractivity contribution in [2.45, 2.75) is 6.92 Å². The van der Waals surface area contributed by atoms with Gasteiger partial charge in [0.25, 0.3) is 5.91 Å². The van der Waals surface area contributed by atoms with E-state index in [1.165, 1.54) is 11.3 Å². The highest BCUT2D eigenvalue weighted by molar-refractivity contribution is 9.10. The van der Waals surface area contributed by atoms with Gasteiger partial charge in [-0.15, -0.1) is 10.2 Å². The second kappa shape index (κ2) is 5.45. The van der Waals surface area contributed by atoms with Gasteiger partial charge in [-0.05, 0) is 30.7 Å². The molecule has 0 spiro atoms. The van der Waals surface area contributed by atoms with E-state index in [4.69, 9.17) is 0 Å². The third kappa shape index (κ3) is 2.85. The predicted octanol–water partition coefficient (Wildman–Crippen LogP) is 2.90. The van der Waals surface area contributed by atoms with Gasteiger partial charge in [0, 0.05) is 17.2 Å². The summed E-state index contributed by atoms with van der Waals surface area (Å²) in [7, 11) is 1.74. The monoisotopic (exact) mass is 326 g/mol. The van der Waals surface area contributed by atoms with Crippen molar-refractivity contribution in [3.8, 4) is 0 Å². The van der Waals surface area contributed by atoms with Gasteiger partial charge in [0.15, 0.2) is 0 Å². The number of aryl methyl sites for hydroxylation is 1. The zero-order chi connectivity index (χ0) is 13.1. The summed E-state index contributed by atoms with van der Waals surface area (Å²) in [5, 5.41) is 14.2. The van der Waals surface area contributed by atoms with E-state index < -0.39 is 0 Å². The zero-order valence-electron chi connectivity index (χ0n) is 9.82. The first-order valence-corrected chi connectivity index (χ1v) is 6.80. The molecule has 1 amide bonds. The molecule has 18 heavy (non-hydrogen) atoms. The lowest BCUT2D eigenvalue weighted by Gasteiger charge is -2.04. The minimum absolute atomic E-state index is 0.254. The Morgan fingerprint density at radius 3 is 2.78 bits per heavy atom. The highest BCUT2D eigenvalue weighted by atomic mass is 79.9. The zero-order valence-corrected chi connectivity index (χ0v) is 12.2. The summed E-state index contributed by atoms with van der Waals surface area (Å²) in [6.45, 7) is 1.96. The molecule has 0 saturated carbocycles. The number of aromatic nitrogens is 2. The molecular formula is C11H11BrN4OS. The van der Waals surface area contributed by atoms with Crippen molar-refractivity contribution >= 4 is 44.0 Å². The van der Waals surface area contributed by atoms with Crippen molar-refractivity contribution in [2.24, 2.45) is 0 Å². The molecular weight excluding hydrogens is 316 g/mol. The van der Waals surface area contributed by atoms with Crippen LogP contribution in [0.25, 0.3) is 0 Å². The Hall–Kier alpha value is -1.47. The van der Waals surface area contributed by atoms with E-state index >= 15 is 0 Å². The maximum absolute atomic E-state index is 11.9. The van der Waals surface area contributed by atoms with Crippen LogP contribution in [0.3, 0.4) is 0 Å². The molecule has 5 nitrogen and oxygen atoms in total. The van der Waals surface area contributed by atoms with Crippen LogP contribution in [0.4, 0.5) is 10.8 Å². The summed E-state index contributed by atoms with van der Waals surface area (Å²) >= 11 is 4.62. The number of nitrogens with zero attached hydrogens (tertiary/aromatic N) is 2. The average molecular weight is 327 g/mol. The Kier molecular flexibility index (Phi) is 3.93. The number of carbonyl (C=O) groups excluding carboxylic acids is 1. The smallest absolute Gasteiger partial charge is 0.286 e. The van der Waals surface area contributed by atoms with Gasteiger partial charge in [0.1, 0.15) is 0 Å². The van der Waals surface area contributed by atoms with Gasteiger partial charge in [0.05, 0.1) is 0 Å². The fraction of sp³-hybridized carbons (Fsp3) is 0.182. The van der Waals surface area contributed by atoms with Crippen molar-refractivity contribution in [1.82, 2.24) is 10.2 Å². The van der Waals surface area contributed by atoms with E-state index in [0.29, 0.717) is 10.1 Å². The molecule has 1 heterocycles. The summed E-state index contributed by atoms with van der Waals surface area (Å²) in [5.41, 5.74) is 1.79. The van der Waals surface area contributed by atoms with Crippen molar-refractivity contribution in [1.29, 1.82) is 0 Å². The van der Waals surface area contributed by atoms with Crippen LogP contribution in [0.5, 0.6) is 0 Å². The quantitative estimate of drug-likeness (QED) is 0.910. The van der Waals surface area contributed by atoms with Gasteiger partial charge in [0.2, 0.25) is 10.1 Å². The molecule has 0 aliphatic heterocycles. The van der Waals surface area contributed by atoms with Crippen LogP contribution in [0.2, 0.25) is 0 Å². The van der Waals surface area contributed by atoms with Gasteiger partial charge < -0.3 is 10.6 Å². The Morgan fingerprint density at radius 1 is 1.39 bits per heavy atom. The van der Waals surface area contributed by atoms with E-state index in [2.05, 4.69) is 36.8 Å². The number of hydrogen-bond donors (Lipinski definition) is 2. The average Bonchev–Trinajstić information content (AvgIpc) is 2.82. The molecule has 0 radical (unpaired) electrons. The van der Waals surface area contributed by atoms with Crippen LogP contribution in [-0.4, -0.2) is 23.2 Å². The van der Waals surface area contributed by atoms with Gasteiger partial charge >= 0.3 is 0 Å². The topological polar surface area (TPSA) is 66.9 Å². The summed E-state index contributed by atoms with van der Waals surface area (Å²) < 4.78 is 1.01. The number of anilines is 2. The minimum atomic E-state index is -0.254. The number of carbonyl (C=O) groups is 1. The first-order valence-electron chi connectivity index (χ1n) is 5.19. The normalized spacial score (nSPS) is 10.2. The fourth-order valence-electron chi connectivity index (χ4n) is 1.32. The van der Waals surface area contributed by atoms with Crippen LogP contribution in [0.15, 0.2) is 22.7 Å². The summed E-state index contributed by atoms with van der Waals surface area (Å²) in [5.74, 6) is -0.254. The van der Waals surface area contributed by atoms with Crippen LogP contribution >= 0.6 is 27.3 Å². The van der Waals surface area contributed by atoms with E-state index in [9.17, 15) is 4.79 Å². The lowest BCUT2D eigenvalue weighted by molar-refractivity contribution is 0.102. The minimum Gasteiger partial charge on any atom is -0.363 e. The SMILES string of the molecule is CNc1nnc(C(=O)Nc2ccc(Br)c(C)c2)s1. The molecule has 94 valence electrons. The summed E-state index contributed by atoms with van der Waals surface area (Å²) in [6.07, 6.45) is 0. The third-order valence-electron chi connectivity index (χ3n) is 2.25. The molecule has 0 aliphatic rings.